The zero-order chi connectivity index (χ0) is 11.0. The summed E-state index contributed by atoms with van der Waals surface area (Å²) in [5.74, 6) is -0.108. The van der Waals surface area contributed by atoms with Crippen molar-refractivity contribution in [3.8, 4) is 0 Å². The molecule has 0 amide bonds. The first-order chi connectivity index (χ1) is 7.09. The van der Waals surface area contributed by atoms with Gasteiger partial charge in [-0.05, 0) is 18.6 Å². The van der Waals surface area contributed by atoms with E-state index in [1.165, 1.54) is 24.3 Å². The lowest BCUT2D eigenvalue weighted by Gasteiger charge is -1.98. The number of Topliss-reactive ketones (excluding diaryl/α,β-unsaturated/α-hetero) is 1. The largest absolute Gasteiger partial charge is 0.327 e. The Morgan fingerprint density at radius 1 is 1.40 bits per heavy atom. The van der Waals surface area contributed by atoms with Crippen molar-refractivity contribution < 1.29 is 9.72 Å². The van der Waals surface area contributed by atoms with Crippen molar-refractivity contribution in [2.24, 2.45) is 11.7 Å². The minimum Gasteiger partial charge on any atom is -0.327 e. The molecule has 15 heavy (non-hydrogen) atoms. The number of rotatable bonds is 3. The number of carbonyl (C=O) groups excluding carboxylic acids is 1. The molecule has 0 radical (unpaired) electrons. The average Bonchev–Trinajstić information content (AvgIpc) is 2.94. The molecule has 5 heteroatoms. The van der Waals surface area contributed by atoms with Gasteiger partial charge in [0.05, 0.1) is 4.92 Å². The maximum Gasteiger partial charge on any atom is 0.269 e. The molecule has 1 aliphatic rings. The summed E-state index contributed by atoms with van der Waals surface area (Å²) in [6.45, 7) is 0. The van der Waals surface area contributed by atoms with Gasteiger partial charge in [-0.1, -0.05) is 0 Å². The number of carbonyl (C=O) groups is 1. The average molecular weight is 206 g/mol. The minimum absolute atomic E-state index is 0.00774. The van der Waals surface area contributed by atoms with E-state index in [0.717, 1.165) is 6.42 Å². The zero-order valence-corrected chi connectivity index (χ0v) is 7.92. The third-order valence-electron chi connectivity index (χ3n) is 2.54. The Morgan fingerprint density at radius 3 is 2.33 bits per heavy atom. The number of hydrogen-bond donors (Lipinski definition) is 1. The Kier molecular flexibility index (Phi) is 2.24. The monoisotopic (exact) mass is 206 g/mol. The summed E-state index contributed by atoms with van der Waals surface area (Å²) in [4.78, 5) is 21.5. The van der Waals surface area contributed by atoms with Crippen LogP contribution in [0.15, 0.2) is 24.3 Å². The SMILES string of the molecule is N[C@H]1CC1C(=O)c1ccc([N+](=O)[O-])cc1. The predicted octanol–water partition coefficient (Wildman–Crippen LogP) is 1.12. The van der Waals surface area contributed by atoms with Gasteiger partial charge in [-0.25, -0.2) is 0 Å². The van der Waals surface area contributed by atoms with E-state index in [1.54, 1.807) is 0 Å². The van der Waals surface area contributed by atoms with Gasteiger partial charge in [0.1, 0.15) is 0 Å². The van der Waals surface area contributed by atoms with E-state index in [2.05, 4.69) is 0 Å². The van der Waals surface area contributed by atoms with Gasteiger partial charge in [0.25, 0.3) is 5.69 Å². The van der Waals surface area contributed by atoms with Gasteiger partial charge in [0.15, 0.2) is 5.78 Å². The summed E-state index contributed by atoms with van der Waals surface area (Å²) in [7, 11) is 0. The zero-order valence-electron chi connectivity index (χ0n) is 7.92. The molecule has 1 saturated carbocycles. The summed E-state index contributed by atoms with van der Waals surface area (Å²) in [6, 6.07) is 5.59. The minimum atomic E-state index is -0.489. The van der Waals surface area contributed by atoms with Crippen LogP contribution in [-0.2, 0) is 0 Å². The Labute approximate surface area is 86.0 Å². The van der Waals surface area contributed by atoms with Gasteiger partial charge < -0.3 is 5.73 Å². The van der Waals surface area contributed by atoms with E-state index in [4.69, 9.17) is 5.73 Å². The molecule has 1 aromatic rings. The second kappa shape index (κ2) is 3.43. The first-order valence-corrected chi connectivity index (χ1v) is 4.64. The summed E-state index contributed by atoms with van der Waals surface area (Å²) >= 11 is 0. The van der Waals surface area contributed by atoms with Crippen LogP contribution in [0.1, 0.15) is 16.8 Å². The molecule has 2 rings (SSSR count). The molecule has 1 fully saturated rings. The third-order valence-corrected chi connectivity index (χ3v) is 2.54. The molecule has 2 atom stereocenters. The third kappa shape index (κ3) is 1.87. The Balaban J connectivity index is 2.16. The first-order valence-electron chi connectivity index (χ1n) is 4.64. The van der Waals surface area contributed by atoms with Crippen LogP contribution in [-0.4, -0.2) is 16.7 Å². The molecular formula is C10H10N2O3. The molecule has 1 aliphatic carbocycles. The topological polar surface area (TPSA) is 86.2 Å². The number of nitro groups is 1. The molecule has 5 nitrogen and oxygen atoms in total. The standard InChI is InChI=1S/C10H10N2O3/c11-9-5-8(9)10(13)6-1-3-7(4-2-6)12(14)15/h1-4,8-9H,5,11H2/t8?,9-/m0/s1. The number of nitro benzene ring substituents is 1. The summed E-state index contributed by atoms with van der Waals surface area (Å²) in [5, 5.41) is 10.4. The fourth-order valence-electron chi connectivity index (χ4n) is 1.48. The fraction of sp³-hybridized carbons (Fsp3) is 0.300. The Hall–Kier alpha value is -1.75. The van der Waals surface area contributed by atoms with Crippen molar-refractivity contribution in [1.29, 1.82) is 0 Å². The smallest absolute Gasteiger partial charge is 0.269 e. The highest BCUT2D eigenvalue weighted by molar-refractivity contribution is 6.00. The van der Waals surface area contributed by atoms with Crippen molar-refractivity contribution in [1.82, 2.24) is 0 Å². The van der Waals surface area contributed by atoms with Crippen molar-refractivity contribution in [3.05, 3.63) is 39.9 Å². The van der Waals surface area contributed by atoms with Crippen LogP contribution >= 0.6 is 0 Å². The highest BCUT2D eigenvalue weighted by Crippen LogP contribution is 2.31. The lowest BCUT2D eigenvalue weighted by atomic mass is 10.1. The molecule has 0 heterocycles. The van der Waals surface area contributed by atoms with Gasteiger partial charge in [-0.15, -0.1) is 0 Å². The van der Waals surface area contributed by atoms with E-state index in [9.17, 15) is 14.9 Å². The highest BCUT2D eigenvalue weighted by Gasteiger charge is 2.40. The van der Waals surface area contributed by atoms with Crippen LogP contribution in [0.3, 0.4) is 0 Å². The number of benzene rings is 1. The van der Waals surface area contributed by atoms with Crippen LogP contribution in [0.4, 0.5) is 5.69 Å². The number of ketones is 1. The van der Waals surface area contributed by atoms with Gasteiger partial charge in [-0.3, -0.25) is 14.9 Å². The highest BCUT2D eigenvalue weighted by atomic mass is 16.6. The van der Waals surface area contributed by atoms with Gasteiger partial charge in [-0.2, -0.15) is 0 Å². The van der Waals surface area contributed by atoms with Crippen molar-refractivity contribution in [2.45, 2.75) is 12.5 Å². The second-order valence-electron chi connectivity index (χ2n) is 3.67. The molecule has 1 aromatic carbocycles. The Bertz CT molecular complexity index is 413. The molecule has 0 spiro atoms. The van der Waals surface area contributed by atoms with Crippen molar-refractivity contribution in [3.63, 3.8) is 0 Å². The number of nitrogens with zero attached hydrogens (tertiary/aromatic N) is 1. The van der Waals surface area contributed by atoms with Crippen LogP contribution in [0.5, 0.6) is 0 Å². The molecule has 0 saturated heterocycles. The second-order valence-corrected chi connectivity index (χ2v) is 3.67. The summed E-state index contributed by atoms with van der Waals surface area (Å²) in [6.07, 6.45) is 0.718. The number of hydrogen-bond acceptors (Lipinski definition) is 4. The summed E-state index contributed by atoms with van der Waals surface area (Å²) < 4.78 is 0. The van der Waals surface area contributed by atoms with Gasteiger partial charge in [0.2, 0.25) is 0 Å². The molecular weight excluding hydrogens is 196 g/mol. The van der Waals surface area contributed by atoms with Crippen LogP contribution < -0.4 is 5.73 Å². The predicted molar refractivity (Wildman–Crippen MR) is 53.5 cm³/mol. The van der Waals surface area contributed by atoms with Gasteiger partial charge >= 0.3 is 0 Å². The van der Waals surface area contributed by atoms with E-state index >= 15 is 0 Å². The lowest BCUT2D eigenvalue weighted by molar-refractivity contribution is -0.384. The van der Waals surface area contributed by atoms with Crippen LogP contribution in [0.2, 0.25) is 0 Å². The molecule has 0 aliphatic heterocycles. The van der Waals surface area contributed by atoms with Crippen molar-refractivity contribution >= 4 is 11.5 Å². The molecule has 1 unspecified atom stereocenters. The molecule has 2 N–H and O–H groups in total. The van der Waals surface area contributed by atoms with Crippen molar-refractivity contribution in [2.75, 3.05) is 0 Å². The normalized spacial score (nSPS) is 23.5. The van der Waals surface area contributed by atoms with E-state index in [0.29, 0.717) is 5.56 Å². The van der Waals surface area contributed by atoms with Gasteiger partial charge in [0, 0.05) is 29.7 Å². The quantitative estimate of drug-likeness (QED) is 0.456. The number of non-ortho nitro benzene ring substituents is 1. The summed E-state index contributed by atoms with van der Waals surface area (Å²) in [5.41, 5.74) is 6.04. The maximum absolute atomic E-state index is 11.6. The Morgan fingerprint density at radius 2 is 1.93 bits per heavy atom. The molecule has 78 valence electrons. The lowest BCUT2D eigenvalue weighted by Crippen LogP contribution is -2.10. The first kappa shape index (κ1) is 9.79. The number of nitrogens with two attached hydrogens (primary N) is 1. The fourth-order valence-corrected chi connectivity index (χ4v) is 1.48. The van der Waals surface area contributed by atoms with Crippen LogP contribution in [0.25, 0.3) is 0 Å². The molecule has 0 bridgehead atoms. The maximum atomic E-state index is 11.6. The van der Waals surface area contributed by atoms with E-state index < -0.39 is 4.92 Å². The van der Waals surface area contributed by atoms with E-state index in [-0.39, 0.29) is 23.4 Å². The van der Waals surface area contributed by atoms with E-state index in [1.807, 2.05) is 0 Å². The molecule has 0 aromatic heterocycles. The van der Waals surface area contributed by atoms with Crippen LogP contribution in [0, 0.1) is 16.0 Å².